The first-order valence-electron chi connectivity index (χ1n) is 7.98. The number of hydrogen-bond donors (Lipinski definition) is 0. The van der Waals surface area contributed by atoms with Gasteiger partial charge in [-0.05, 0) is 30.0 Å². The molecule has 1 aliphatic rings. The third kappa shape index (κ3) is 3.93. The standard InChI is InChI=1S/C19H22N2OS.ClH/c1-13(2)11-21-18(22)12-23-19(21)17-10-20-9-8-16(17)15-6-4-14(3)5-7-15;/h4-10,13,19H,11-12H2,1-3H3;1H. The van der Waals surface area contributed by atoms with E-state index in [-0.39, 0.29) is 23.7 Å². The number of aromatic nitrogens is 1. The van der Waals surface area contributed by atoms with Crippen LogP contribution in [0.1, 0.15) is 30.3 Å². The molecule has 3 rings (SSSR count). The fraction of sp³-hybridized carbons (Fsp3) is 0.368. The lowest BCUT2D eigenvalue weighted by atomic mass is 10.00. The van der Waals surface area contributed by atoms with Crippen LogP contribution in [0.3, 0.4) is 0 Å². The second-order valence-corrected chi connectivity index (χ2v) is 7.50. The number of nitrogens with zero attached hydrogens (tertiary/aromatic N) is 2. The van der Waals surface area contributed by atoms with Gasteiger partial charge in [-0.3, -0.25) is 9.78 Å². The minimum absolute atomic E-state index is 0. The quantitative estimate of drug-likeness (QED) is 0.789. The van der Waals surface area contributed by atoms with Gasteiger partial charge < -0.3 is 4.90 Å². The lowest BCUT2D eigenvalue weighted by Gasteiger charge is -2.27. The zero-order valence-corrected chi connectivity index (χ0v) is 15.9. The number of halogens is 1. The Morgan fingerprint density at radius 1 is 1.25 bits per heavy atom. The number of hydrogen-bond acceptors (Lipinski definition) is 3. The van der Waals surface area contributed by atoms with E-state index in [9.17, 15) is 4.79 Å². The number of benzene rings is 1. The van der Waals surface area contributed by atoms with Gasteiger partial charge in [0.25, 0.3) is 0 Å². The molecular weight excluding hydrogens is 340 g/mol. The van der Waals surface area contributed by atoms with Gasteiger partial charge in [-0.25, -0.2) is 0 Å². The maximum Gasteiger partial charge on any atom is 0.233 e. The molecule has 0 aliphatic carbocycles. The summed E-state index contributed by atoms with van der Waals surface area (Å²) in [6, 6.07) is 10.6. The van der Waals surface area contributed by atoms with E-state index >= 15 is 0 Å². The molecule has 1 fully saturated rings. The number of rotatable bonds is 4. The van der Waals surface area contributed by atoms with Crippen LogP contribution in [0.15, 0.2) is 42.7 Å². The Hall–Kier alpha value is -1.52. The number of carbonyl (C=O) groups is 1. The van der Waals surface area contributed by atoms with Gasteiger partial charge in [-0.15, -0.1) is 24.2 Å². The van der Waals surface area contributed by atoms with Crippen molar-refractivity contribution in [3.8, 4) is 11.1 Å². The molecule has 1 unspecified atom stereocenters. The molecule has 3 nitrogen and oxygen atoms in total. The number of amides is 1. The van der Waals surface area contributed by atoms with Crippen molar-refractivity contribution in [1.82, 2.24) is 9.88 Å². The first-order valence-corrected chi connectivity index (χ1v) is 9.03. The Morgan fingerprint density at radius 3 is 2.62 bits per heavy atom. The topological polar surface area (TPSA) is 33.2 Å². The van der Waals surface area contributed by atoms with Gasteiger partial charge in [0.05, 0.1) is 5.75 Å². The second-order valence-electron chi connectivity index (χ2n) is 6.43. The summed E-state index contributed by atoms with van der Waals surface area (Å²) in [6.45, 7) is 7.18. The van der Waals surface area contributed by atoms with E-state index in [0.717, 1.165) is 12.1 Å². The SMILES string of the molecule is Cc1ccc(-c2ccncc2C2SCC(=O)N2CC(C)C)cc1.Cl. The Labute approximate surface area is 154 Å². The highest BCUT2D eigenvalue weighted by Crippen LogP contribution is 2.42. The van der Waals surface area contributed by atoms with E-state index in [1.807, 2.05) is 17.3 Å². The monoisotopic (exact) mass is 362 g/mol. The maximum absolute atomic E-state index is 12.3. The van der Waals surface area contributed by atoms with Gasteiger partial charge in [0, 0.05) is 24.5 Å². The average molecular weight is 363 g/mol. The van der Waals surface area contributed by atoms with Crippen molar-refractivity contribution in [3.63, 3.8) is 0 Å². The summed E-state index contributed by atoms with van der Waals surface area (Å²) in [7, 11) is 0. The number of thioether (sulfide) groups is 1. The van der Waals surface area contributed by atoms with Crippen molar-refractivity contribution in [2.45, 2.75) is 26.1 Å². The normalized spacial score (nSPS) is 17.2. The van der Waals surface area contributed by atoms with Crippen LogP contribution < -0.4 is 0 Å². The molecule has 1 amide bonds. The fourth-order valence-corrected chi connectivity index (χ4v) is 4.12. The van der Waals surface area contributed by atoms with Crippen molar-refractivity contribution in [2.24, 2.45) is 5.92 Å². The molecule has 1 saturated heterocycles. The molecule has 0 radical (unpaired) electrons. The van der Waals surface area contributed by atoms with Crippen LogP contribution in [0.5, 0.6) is 0 Å². The molecule has 1 aromatic carbocycles. The summed E-state index contributed by atoms with van der Waals surface area (Å²) in [5.41, 5.74) is 4.72. The van der Waals surface area contributed by atoms with Crippen LogP contribution in [0.2, 0.25) is 0 Å². The summed E-state index contributed by atoms with van der Waals surface area (Å²) < 4.78 is 0. The molecule has 5 heteroatoms. The van der Waals surface area contributed by atoms with Gasteiger partial charge in [0.2, 0.25) is 5.91 Å². The molecule has 1 aliphatic heterocycles. The molecule has 0 bridgehead atoms. The van der Waals surface area contributed by atoms with Crippen LogP contribution in [-0.4, -0.2) is 28.1 Å². The molecule has 2 heterocycles. The summed E-state index contributed by atoms with van der Waals surface area (Å²) in [5.74, 6) is 1.24. The molecular formula is C19H23ClN2OS. The second kappa shape index (κ2) is 8.04. The minimum atomic E-state index is 0. The molecule has 2 aromatic rings. The van der Waals surface area contributed by atoms with E-state index in [0.29, 0.717) is 11.7 Å². The maximum atomic E-state index is 12.3. The highest BCUT2D eigenvalue weighted by Gasteiger charge is 2.34. The van der Waals surface area contributed by atoms with E-state index < -0.39 is 0 Å². The Morgan fingerprint density at radius 2 is 1.96 bits per heavy atom. The van der Waals surface area contributed by atoms with Crippen molar-refractivity contribution in [2.75, 3.05) is 12.3 Å². The molecule has 1 aromatic heterocycles. The smallest absolute Gasteiger partial charge is 0.233 e. The molecule has 0 spiro atoms. The zero-order chi connectivity index (χ0) is 16.4. The molecule has 1 atom stereocenters. The molecule has 128 valence electrons. The zero-order valence-electron chi connectivity index (χ0n) is 14.2. The van der Waals surface area contributed by atoms with E-state index in [4.69, 9.17) is 0 Å². The molecule has 0 saturated carbocycles. The first-order chi connectivity index (χ1) is 11.1. The van der Waals surface area contributed by atoms with E-state index in [1.165, 1.54) is 16.7 Å². The van der Waals surface area contributed by atoms with Crippen LogP contribution in [0, 0.1) is 12.8 Å². The summed E-state index contributed by atoms with van der Waals surface area (Å²) in [5, 5.41) is 0.0647. The number of carbonyl (C=O) groups excluding carboxylic acids is 1. The summed E-state index contributed by atoms with van der Waals surface area (Å²) in [6.07, 6.45) is 3.74. The fourth-order valence-electron chi connectivity index (χ4n) is 2.90. The van der Waals surface area contributed by atoms with Gasteiger partial charge in [0.1, 0.15) is 5.37 Å². The van der Waals surface area contributed by atoms with Crippen LogP contribution in [-0.2, 0) is 4.79 Å². The Balaban J connectivity index is 0.00000208. The van der Waals surface area contributed by atoms with Gasteiger partial charge in [0.15, 0.2) is 0 Å². The summed E-state index contributed by atoms with van der Waals surface area (Å²) >= 11 is 1.70. The van der Waals surface area contributed by atoms with Crippen molar-refractivity contribution in [3.05, 3.63) is 53.9 Å². The highest BCUT2D eigenvalue weighted by molar-refractivity contribution is 8.00. The minimum Gasteiger partial charge on any atom is -0.325 e. The van der Waals surface area contributed by atoms with Gasteiger partial charge in [-0.2, -0.15) is 0 Å². The van der Waals surface area contributed by atoms with Crippen molar-refractivity contribution < 1.29 is 4.79 Å². The van der Waals surface area contributed by atoms with Crippen LogP contribution >= 0.6 is 24.2 Å². The van der Waals surface area contributed by atoms with Crippen molar-refractivity contribution in [1.29, 1.82) is 0 Å². The first kappa shape index (κ1) is 18.8. The number of aryl methyl sites for hydroxylation is 1. The van der Waals surface area contributed by atoms with Gasteiger partial charge >= 0.3 is 0 Å². The number of pyridine rings is 1. The van der Waals surface area contributed by atoms with Crippen molar-refractivity contribution >= 4 is 30.1 Å². The highest BCUT2D eigenvalue weighted by atomic mass is 35.5. The lowest BCUT2D eigenvalue weighted by Crippen LogP contribution is -2.31. The van der Waals surface area contributed by atoms with Crippen LogP contribution in [0.4, 0.5) is 0 Å². The van der Waals surface area contributed by atoms with E-state index in [2.05, 4.69) is 56.1 Å². The third-order valence-electron chi connectivity index (χ3n) is 4.01. The van der Waals surface area contributed by atoms with Crippen LogP contribution in [0.25, 0.3) is 11.1 Å². The molecule has 24 heavy (non-hydrogen) atoms. The molecule has 0 N–H and O–H groups in total. The lowest BCUT2D eigenvalue weighted by molar-refractivity contribution is -0.128. The predicted molar refractivity (Wildman–Crippen MR) is 103 cm³/mol. The largest absolute Gasteiger partial charge is 0.325 e. The summed E-state index contributed by atoms with van der Waals surface area (Å²) in [4.78, 5) is 18.6. The average Bonchev–Trinajstić information content (AvgIpc) is 2.88. The Bertz CT molecular complexity index is 703. The predicted octanol–water partition coefficient (Wildman–Crippen LogP) is 4.71. The van der Waals surface area contributed by atoms with E-state index in [1.54, 1.807) is 11.8 Å². The van der Waals surface area contributed by atoms with Gasteiger partial charge in [-0.1, -0.05) is 43.7 Å². The third-order valence-corrected chi connectivity index (χ3v) is 5.25. The Kier molecular flexibility index (Phi) is 6.30.